The smallest absolute Gasteiger partial charge is 0.216 e. The fourth-order valence-corrected chi connectivity index (χ4v) is 2.65. The number of nitrogens with one attached hydrogen (secondary N) is 1. The van der Waals surface area contributed by atoms with Gasteiger partial charge in [-0.15, -0.1) is 0 Å². The summed E-state index contributed by atoms with van der Waals surface area (Å²) in [4.78, 5) is 0. The van der Waals surface area contributed by atoms with Crippen LogP contribution in [0.4, 0.5) is 0 Å². The van der Waals surface area contributed by atoms with Crippen molar-refractivity contribution in [2.45, 2.75) is 18.8 Å². The molecule has 0 atom stereocenters. The van der Waals surface area contributed by atoms with Crippen LogP contribution in [0, 0.1) is 4.77 Å². The molecule has 1 heterocycles. The molecule has 1 saturated carbocycles. The maximum Gasteiger partial charge on any atom is 0.216 e. The van der Waals surface area contributed by atoms with Crippen LogP contribution in [0.1, 0.15) is 30.1 Å². The highest BCUT2D eigenvalue weighted by Crippen LogP contribution is 2.38. The average Bonchev–Trinajstić information content (AvgIpc) is 3.21. The van der Waals surface area contributed by atoms with Crippen molar-refractivity contribution in [3.8, 4) is 5.75 Å². The summed E-state index contributed by atoms with van der Waals surface area (Å²) in [6.45, 7) is 0. The van der Waals surface area contributed by atoms with Crippen LogP contribution in [-0.4, -0.2) is 28.2 Å². The first-order valence-corrected chi connectivity index (χ1v) is 7.44. The van der Waals surface area contributed by atoms with Crippen molar-refractivity contribution in [3.63, 3.8) is 0 Å². The zero-order chi connectivity index (χ0) is 14.1. The van der Waals surface area contributed by atoms with Gasteiger partial charge in [-0.25, -0.2) is 0 Å². The Bertz CT molecular complexity index is 717. The van der Waals surface area contributed by atoms with Crippen molar-refractivity contribution in [3.05, 3.63) is 38.8 Å². The number of H-pyrrole nitrogens is 1. The third kappa shape index (κ3) is 2.69. The quantitative estimate of drug-likeness (QED) is 0.676. The Balaban J connectivity index is 1.89. The monoisotopic (exact) mass is 352 g/mol. The molecule has 1 N–H and O–H groups in total. The highest BCUT2D eigenvalue weighted by atomic mass is 79.9. The molecule has 0 spiro atoms. The minimum absolute atomic E-state index is 0.489. The normalized spacial score (nSPS) is 14.9. The van der Waals surface area contributed by atoms with Gasteiger partial charge in [-0.05, 0) is 64.8 Å². The van der Waals surface area contributed by atoms with Crippen LogP contribution in [-0.2, 0) is 0 Å². The maximum absolute atomic E-state index is 5.20. The number of halogens is 1. The molecule has 0 radical (unpaired) electrons. The highest BCUT2D eigenvalue weighted by molar-refractivity contribution is 9.10. The lowest BCUT2D eigenvalue weighted by molar-refractivity contribution is 0.412. The first-order chi connectivity index (χ1) is 9.69. The molecule has 5 nitrogen and oxygen atoms in total. The fraction of sp³-hybridized carbons (Fsp3) is 0.308. The molecule has 2 aromatic rings. The van der Waals surface area contributed by atoms with Gasteiger partial charge in [0, 0.05) is 5.92 Å². The van der Waals surface area contributed by atoms with Gasteiger partial charge in [-0.3, -0.25) is 5.10 Å². The Morgan fingerprint density at radius 1 is 1.55 bits per heavy atom. The molecular weight excluding hydrogens is 340 g/mol. The molecule has 0 unspecified atom stereocenters. The summed E-state index contributed by atoms with van der Waals surface area (Å²) in [7, 11) is 1.64. The van der Waals surface area contributed by atoms with Crippen LogP contribution in [0.2, 0.25) is 0 Å². The molecule has 1 fully saturated rings. The Kier molecular flexibility index (Phi) is 3.71. The van der Waals surface area contributed by atoms with E-state index < -0.39 is 0 Å². The van der Waals surface area contributed by atoms with Crippen LogP contribution in [0.3, 0.4) is 0 Å². The van der Waals surface area contributed by atoms with E-state index in [0.717, 1.165) is 34.5 Å². The van der Waals surface area contributed by atoms with Crippen molar-refractivity contribution < 1.29 is 4.74 Å². The molecule has 1 aliphatic rings. The molecular formula is C13H13BrN4OS. The van der Waals surface area contributed by atoms with E-state index in [-0.39, 0.29) is 0 Å². The van der Waals surface area contributed by atoms with Crippen molar-refractivity contribution in [2.24, 2.45) is 5.10 Å². The number of nitrogens with zero attached hydrogens (tertiary/aromatic N) is 3. The van der Waals surface area contributed by atoms with Gasteiger partial charge in [0.15, 0.2) is 5.82 Å². The number of hydrogen-bond acceptors (Lipinski definition) is 4. The number of aromatic nitrogens is 3. The zero-order valence-corrected chi connectivity index (χ0v) is 13.2. The van der Waals surface area contributed by atoms with E-state index in [4.69, 9.17) is 17.0 Å². The summed E-state index contributed by atoms with van der Waals surface area (Å²) in [6, 6.07) is 5.78. The lowest BCUT2D eigenvalue weighted by atomic mass is 10.2. The Morgan fingerprint density at radius 3 is 3.00 bits per heavy atom. The first kappa shape index (κ1) is 13.5. The van der Waals surface area contributed by atoms with Gasteiger partial charge in [0.2, 0.25) is 4.77 Å². The predicted molar refractivity (Wildman–Crippen MR) is 83.1 cm³/mol. The van der Waals surface area contributed by atoms with E-state index in [9.17, 15) is 0 Å². The van der Waals surface area contributed by atoms with E-state index in [1.807, 2.05) is 18.2 Å². The first-order valence-electron chi connectivity index (χ1n) is 6.24. The molecule has 0 aliphatic heterocycles. The summed E-state index contributed by atoms with van der Waals surface area (Å²) < 4.78 is 8.31. The van der Waals surface area contributed by atoms with Gasteiger partial charge in [0.25, 0.3) is 0 Å². The number of ether oxygens (including phenoxy) is 1. The van der Waals surface area contributed by atoms with E-state index in [2.05, 4.69) is 31.2 Å². The van der Waals surface area contributed by atoms with Crippen LogP contribution in [0.5, 0.6) is 5.75 Å². The SMILES string of the molecule is COc1ccc(/C=N\n2c(C3CC3)n[nH]c2=S)cc1Br. The summed E-state index contributed by atoms with van der Waals surface area (Å²) in [6.07, 6.45) is 4.08. The van der Waals surface area contributed by atoms with Gasteiger partial charge in [-0.2, -0.15) is 14.9 Å². The molecule has 20 heavy (non-hydrogen) atoms. The number of benzene rings is 1. The second kappa shape index (κ2) is 5.49. The summed E-state index contributed by atoms with van der Waals surface area (Å²) in [5.74, 6) is 2.20. The molecule has 0 amide bonds. The van der Waals surface area contributed by atoms with E-state index in [0.29, 0.717) is 10.7 Å². The Labute approximate surface area is 129 Å². The third-order valence-corrected chi connectivity index (χ3v) is 4.00. The molecule has 104 valence electrons. The minimum atomic E-state index is 0.489. The van der Waals surface area contributed by atoms with Gasteiger partial charge in [0.05, 0.1) is 17.8 Å². The van der Waals surface area contributed by atoms with Crippen molar-refractivity contribution in [2.75, 3.05) is 7.11 Å². The molecule has 3 rings (SSSR count). The number of aromatic amines is 1. The minimum Gasteiger partial charge on any atom is -0.496 e. The molecule has 1 aromatic carbocycles. The van der Waals surface area contributed by atoms with E-state index >= 15 is 0 Å². The second-order valence-corrected chi connectivity index (χ2v) is 5.85. The van der Waals surface area contributed by atoms with Gasteiger partial charge >= 0.3 is 0 Å². The fourth-order valence-electron chi connectivity index (χ4n) is 1.91. The van der Waals surface area contributed by atoms with E-state index in [1.54, 1.807) is 18.0 Å². The largest absolute Gasteiger partial charge is 0.496 e. The lowest BCUT2D eigenvalue weighted by Crippen LogP contribution is -1.97. The predicted octanol–water partition coefficient (Wildman–Crippen LogP) is 3.47. The zero-order valence-electron chi connectivity index (χ0n) is 10.8. The summed E-state index contributed by atoms with van der Waals surface area (Å²) in [5.41, 5.74) is 0.961. The van der Waals surface area contributed by atoms with Gasteiger partial charge in [-0.1, -0.05) is 0 Å². The Hall–Kier alpha value is -1.47. The lowest BCUT2D eigenvalue weighted by Gasteiger charge is -2.03. The van der Waals surface area contributed by atoms with Crippen LogP contribution < -0.4 is 4.74 Å². The number of rotatable bonds is 4. The molecule has 7 heteroatoms. The molecule has 1 aliphatic carbocycles. The number of methoxy groups -OCH3 is 1. The molecule has 0 bridgehead atoms. The highest BCUT2D eigenvalue weighted by Gasteiger charge is 2.29. The Morgan fingerprint density at radius 2 is 2.35 bits per heavy atom. The van der Waals surface area contributed by atoms with Crippen molar-refractivity contribution in [1.29, 1.82) is 0 Å². The molecule has 0 saturated heterocycles. The van der Waals surface area contributed by atoms with Crippen molar-refractivity contribution >= 4 is 34.4 Å². The molecule has 1 aromatic heterocycles. The standard InChI is InChI=1S/C13H13BrN4OS/c1-19-11-5-2-8(6-10(11)14)7-15-18-12(9-3-4-9)16-17-13(18)20/h2,5-7,9H,3-4H2,1H3,(H,17,20)/b15-7-. The number of hydrogen-bond donors (Lipinski definition) is 1. The summed E-state index contributed by atoms with van der Waals surface area (Å²) >= 11 is 8.66. The van der Waals surface area contributed by atoms with Gasteiger partial charge < -0.3 is 4.74 Å². The second-order valence-electron chi connectivity index (χ2n) is 4.61. The van der Waals surface area contributed by atoms with Crippen LogP contribution in [0.15, 0.2) is 27.8 Å². The topological polar surface area (TPSA) is 55.2 Å². The van der Waals surface area contributed by atoms with Crippen LogP contribution >= 0.6 is 28.1 Å². The maximum atomic E-state index is 5.20. The third-order valence-electron chi connectivity index (χ3n) is 3.12. The van der Waals surface area contributed by atoms with Crippen LogP contribution in [0.25, 0.3) is 0 Å². The van der Waals surface area contributed by atoms with Crippen molar-refractivity contribution in [1.82, 2.24) is 14.9 Å². The van der Waals surface area contributed by atoms with Gasteiger partial charge in [0.1, 0.15) is 5.75 Å². The summed E-state index contributed by atoms with van der Waals surface area (Å²) in [5, 5.41) is 11.5. The average molecular weight is 353 g/mol. The van der Waals surface area contributed by atoms with E-state index in [1.165, 1.54) is 0 Å².